The zero-order chi connectivity index (χ0) is 19.7. The number of thiol groups is 1. The Kier molecular flexibility index (Phi) is 10.9. The molecule has 4 unspecified atom stereocenters. The van der Waals surface area contributed by atoms with Gasteiger partial charge in [0.2, 0.25) is 14.0 Å². The Morgan fingerprint density at radius 2 is 2.19 bits per heavy atom. The van der Waals surface area contributed by atoms with Crippen molar-refractivity contribution >= 4 is 53.7 Å². The van der Waals surface area contributed by atoms with Gasteiger partial charge in [-0.15, -0.1) is 0 Å². The van der Waals surface area contributed by atoms with Crippen molar-refractivity contribution in [1.29, 1.82) is 0 Å². The Bertz CT molecular complexity index is 498. The molecule has 1 N–H and O–H groups in total. The fraction of sp³-hybridized carbons (Fsp3) is 0.733. The zero-order valence-corrected chi connectivity index (χ0v) is 19.0. The summed E-state index contributed by atoms with van der Waals surface area (Å²) in [6, 6.07) is 0. The first-order chi connectivity index (χ1) is 12.2. The number of amides is 2. The lowest BCUT2D eigenvalue weighted by atomic mass is 10.0. The summed E-state index contributed by atoms with van der Waals surface area (Å²) in [5, 5.41) is 2.41. The lowest BCUT2D eigenvalue weighted by Crippen LogP contribution is -2.35. The van der Waals surface area contributed by atoms with Crippen LogP contribution >= 0.6 is 41.4 Å². The maximum Gasteiger partial charge on any atom is 0.251 e. The van der Waals surface area contributed by atoms with Crippen LogP contribution < -0.4 is 5.32 Å². The number of nitrogens with one attached hydrogen (secondary N) is 1. The number of hydrogen-bond acceptors (Lipinski definition) is 9. The standard InChI is InChI=1S/C15H27N2O5PS3/c1-11-14(15(2,3)26-25-11)22-23(24)21-9-12(20-5)8-17(4)7-6-13(19)16-10-18/h6-7,10-12,14,24H,8-9H2,1-5H3,(H,16,18,19)/b7-6-. The molecule has 1 aliphatic heterocycles. The van der Waals surface area contributed by atoms with Gasteiger partial charge < -0.3 is 18.7 Å². The molecule has 26 heavy (non-hydrogen) atoms. The van der Waals surface area contributed by atoms with E-state index in [4.69, 9.17) is 13.8 Å². The van der Waals surface area contributed by atoms with Crippen LogP contribution in [0.3, 0.4) is 0 Å². The number of ether oxygens (including phenoxy) is 1. The molecule has 1 aliphatic rings. The van der Waals surface area contributed by atoms with Crippen molar-refractivity contribution in [1.82, 2.24) is 10.2 Å². The van der Waals surface area contributed by atoms with E-state index in [2.05, 4.69) is 33.0 Å². The summed E-state index contributed by atoms with van der Waals surface area (Å²) in [4.78, 5) is 23.2. The largest absolute Gasteiger partial charge is 0.378 e. The molecule has 0 aromatic rings. The molecule has 0 saturated carbocycles. The van der Waals surface area contributed by atoms with E-state index < -0.39 is 13.5 Å². The second-order valence-electron chi connectivity index (χ2n) is 6.29. The molecule has 0 radical (unpaired) electrons. The van der Waals surface area contributed by atoms with Gasteiger partial charge in [0, 0.05) is 43.0 Å². The average Bonchev–Trinajstić information content (AvgIpc) is 2.83. The molecule has 7 nitrogen and oxygen atoms in total. The molecule has 1 fully saturated rings. The molecule has 4 atom stereocenters. The van der Waals surface area contributed by atoms with Gasteiger partial charge in [-0.05, 0) is 20.8 Å². The third kappa shape index (κ3) is 8.37. The molecular formula is C15H27N2O5PS3. The maximum absolute atomic E-state index is 11.2. The van der Waals surface area contributed by atoms with Gasteiger partial charge in [-0.3, -0.25) is 14.9 Å². The summed E-state index contributed by atoms with van der Waals surface area (Å²) in [6.45, 7) is 7.31. The van der Waals surface area contributed by atoms with Gasteiger partial charge >= 0.3 is 0 Å². The summed E-state index contributed by atoms with van der Waals surface area (Å²) in [7, 11) is 5.73. The van der Waals surface area contributed by atoms with Crippen molar-refractivity contribution in [3.8, 4) is 0 Å². The van der Waals surface area contributed by atoms with E-state index in [-0.39, 0.29) is 17.0 Å². The number of hydrogen-bond donors (Lipinski definition) is 2. The predicted octanol–water partition coefficient (Wildman–Crippen LogP) is 2.84. The van der Waals surface area contributed by atoms with Gasteiger partial charge in [-0.25, -0.2) is 0 Å². The van der Waals surface area contributed by atoms with E-state index in [1.165, 1.54) is 6.08 Å². The lowest BCUT2D eigenvalue weighted by Gasteiger charge is -2.29. The first-order valence-electron chi connectivity index (χ1n) is 7.98. The fourth-order valence-electron chi connectivity index (χ4n) is 2.23. The van der Waals surface area contributed by atoms with Crippen LogP contribution in [0.1, 0.15) is 20.8 Å². The van der Waals surface area contributed by atoms with Crippen molar-refractivity contribution in [2.45, 2.75) is 43.0 Å². The van der Waals surface area contributed by atoms with Crippen LogP contribution in [0.2, 0.25) is 0 Å². The highest BCUT2D eigenvalue weighted by atomic mass is 33.1. The molecule has 0 aliphatic carbocycles. The predicted molar refractivity (Wildman–Crippen MR) is 112 cm³/mol. The number of rotatable bonds is 11. The minimum Gasteiger partial charge on any atom is -0.378 e. The quantitative estimate of drug-likeness (QED) is 0.166. The summed E-state index contributed by atoms with van der Waals surface area (Å²) in [6.07, 6.45) is 3.05. The van der Waals surface area contributed by atoms with Crippen molar-refractivity contribution in [2.75, 3.05) is 27.3 Å². The monoisotopic (exact) mass is 442 g/mol. The molecule has 1 rings (SSSR count). The number of carbonyl (C=O) groups excluding carboxylic acids is 2. The number of carbonyl (C=O) groups is 2. The van der Waals surface area contributed by atoms with Gasteiger partial charge in [0.05, 0.1) is 18.8 Å². The smallest absolute Gasteiger partial charge is 0.251 e. The van der Waals surface area contributed by atoms with Crippen molar-refractivity contribution in [2.24, 2.45) is 0 Å². The minimum atomic E-state index is -1.31. The van der Waals surface area contributed by atoms with Gasteiger partial charge in [-0.1, -0.05) is 33.8 Å². The number of nitrogens with zero attached hydrogens (tertiary/aromatic N) is 1. The SMILES string of the molecule is COC(COP(S)OC1C(C)SSC1(C)C)CN(C)/C=C\C(=O)NC=O. The maximum atomic E-state index is 11.2. The molecular weight excluding hydrogens is 415 g/mol. The molecule has 150 valence electrons. The van der Waals surface area contributed by atoms with Gasteiger partial charge in [0.1, 0.15) is 0 Å². The Labute approximate surface area is 169 Å². The second-order valence-corrected chi connectivity index (χ2v) is 11.4. The summed E-state index contributed by atoms with van der Waals surface area (Å²) < 4.78 is 17.2. The Morgan fingerprint density at radius 3 is 2.73 bits per heavy atom. The third-order valence-corrected chi connectivity index (χ3v) is 8.81. The van der Waals surface area contributed by atoms with Gasteiger partial charge in [0.15, 0.2) is 0 Å². The number of imide groups is 1. The van der Waals surface area contributed by atoms with Crippen LogP contribution in [0.15, 0.2) is 12.3 Å². The van der Waals surface area contributed by atoms with Crippen LogP contribution in [0, 0.1) is 0 Å². The summed E-state index contributed by atoms with van der Waals surface area (Å²) >= 11 is 4.45. The van der Waals surface area contributed by atoms with E-state index in [9.17, 15) is 9.59 Å². The minimum absolute atomic E-state index is 0.0184. The third-order valence-electron chi connectivity index (χ3n) is 3.61. The second kappa shape index (κ2) is 11.8. The van der Waals surface area contributed by atoms with Gasteiger partial charge in [0.25, 0.3) is 5.91 Å². The topological polar surface area (TPSA) is 77.1 Å². The van der Waals surface area contributed by atoms with Crippen LogP contribution in [-0.4, -0.2) is 66.7 Å². The summed E-state index contributed by atoms with van der Waals surface area (Å²) in [5.41, 5.74) is 0. The highest BCUT2D eigenvalue weighted by molar-refractivity contribution is 8.77. The first-order valence-corrected chi connectivity index (χ1v) is 12.5. The average molecular weight is 443 g/mol. The van der Waals surface area contributed by atoms with E-state index in [1.807, 2.05) is 26.9 Å². The van der Waals surface area contributed by atoms with E-state index in [1.54, 1.807) is 25.3 Å². The lowest BCUT2D eigenvalue weighted by molar-refractivity contribution is -0.121. The highest BCUT2D eigenvalue weighted by Gasteiger charge is 2.44. The van der Waals surface area contributed by atoms with Crippen LogP contribution in [-0.2, 0) is 23.4 Å². The molecule has 2 amide bonds. The molecule has 1 heterocycles. The normalized spacial score (nSPS) is 24.4. The molecule has 1 saturated heterocycles. The molecule has 0 aromatic heterocycles. The summed E-state index contributed by atoms with van der Waals surface area (Å²) in [5.74, 6) is -0.478. The van der Waals surface area contributed by atoms with Crippen molar-refractivity contribution in [3.63, 3.8) is 0 Å². The zero-order valence-electron chi connectivity index (χ0n) is 15.6. The van der Waals surface area contributed by atoms with Crippen LogP contribution in [0.4, 0.5) is 0 Å². The van der Waals surface area contributed by atoms with Crippen molar-refractivity contribution in [3.05, 3.63) is 12.3 Å². The van der Waals surface area contributed by atoms with Crippen LogP contribution in [0.5, 0.6) is 0 Å². The first kappa shape index (κ1) is 24.1. The molecule has 0 aromatic carbocycles. The molecule has 0 spiro atoms. The number of likely N-dealkylation sites (N-methyl/N-ethyl adjacent to an activating group) is 1. The Balaban J connectivity index is 2.40. The van der Waals surface area contributed by atoms with E-state index in [0.29, 0.717) is 24.8 Å². The van der Waals surface area contributed by atoms with Gasteiger partial charge in [-0.2, -0.15) is 0 Å². The highest BCUT2D eigenvalue weighted by Crippen LogP contribution is 2.57. The van der Waals surface area contributed by atoms with Crippen molar-refractivity contribution < 1.29 is 23.4 Å². The van der Waals surface area contributed by atoms with Crippen LogP contribution in [0.25, 0.3) is 0 Å². The van der Waals surface area contributed by atoms with E-state index in [0.717, 1.165) is 0 Å². The Morgan fingerprint density at radius 1 is 1.50 bits per heavy atom. The molecule has 11 heteroatoms. The Hall–Kier alpha value is 0.0400. The van der Waals surface area contributed by atoms with E-state index >= 15 is 0 Å². The number of methoxy groups -OCH3 is 1. The molecule has 0 bridgehead atoms. The fourth-order valence-corrected chi connectivity index (χ4v) is 7.00.